The Kier molecular flexibility index (Phi) is 11.6. The van der Waals surface area contributed by atoms with Crippen LogP contribution in [-0.4, -0.2) is 6.88 Å². The molecule has 0 radical (unpaired) electrons. The molecule has 0 aliphatic heterocycles. The van der Waals surface area contributed by atoms with E-state index in [-0.39, 0.29) is 30.2 Å². The van der Waals surface area contributed by atoms with Crippen LogP contribution < -0.4 is 0 Å². The van der Waals surface area contributed by atoms with Gasteiger partial charge in [-0.15, -0.1) is 24.8 Å². The molecule has 0 aromatic heterocycles. The Morgan fingerprint density at radius 3 is 1.86 bits per heavy atom. The van der Waals surface area contributed by atoms with Crippen LogP contribution in [0.2, 0.25) is 9.26 Å². The first-order chi connectivity index (χ1) is 23.1. The molecule has 0 amide bonds. The molecule has 4 aromatic carbocycles. The van der Waals surface area contributed by atoms with E-state index in [1.54, 1.807) is 27.8 Å². The maximum atomic E-state index is 2.79. The van der Waals surface area contributed by atoms with E-state index in [0.717, 1.165) is 5.92 Å². The van der Waals surface area contributed by atoms with Gasteiger partial charge in [-0.05, 0) is 0 Å². The molecule has 0 heterocycles. The van der Waals surface area contributed by atoms with Gasteiger partial charge in [0.1, 0.15) is 0 Å². The molecule has 4 aromatic rings. The first-order valence-electron chi connectivity index (χ1n) is 19.1. The van der Waals surface area contributed by atoms with Gasteiger partial charge >= 0.3 is 302 Å². The molecular weight excluding hydrogens is 755 g/mol. The van der Waals surface area contributed by atoms with E-state index in [9.17, 15) is 0 Å². The van der Waals surface area contributed by atoms with E-state index in [1.807, 2.05) is 0 Å². The van der Waals surface area contributed by atoms with Gasteiger partial charge in [0.05, 0.1) is 0 Å². The van der Waals surface area contributed by atoms with Crippen LogP contribution in [0.4, 0.5) is 0 Å². The Morgan fingerprint density at radius 2 is 1.27 bits per heavy atom. The van der Waals surface area contributed by atoms with Crippen molar-refractivity contribution < 1.29 is 17.4 Å². The van der Waals surface area contributed by atoms with Gasteiger partial charge in [-0.3, -0.25) is 0 Å². The third-order valence-electron chi connectivity index (χ3n) is 12.6. The number of halogens is 2. The third-order valence-corrected chi connectivity index (χ3v) is 30.2. The fraction of sp³-hybridized carbons (Fsp3) is 0.404. The first kappa shape index (κ1) is 40.2. The van der Waals surface area contributed by atoms with Crippen LogP contribution in [0, 0.1) is 12.8 Å². The molecule has 0 nitrogen and oxygen atoms in total. The second-order valence-electron chi connectivity index (χ2n) is 18.3. The van der Waals surface area contributed by atoms with Gasteiger partial charge in [0, 0.05) is 0 Å². The average Bonchev–Trinajstić information content (AvgIpc) is 3.66. The number of hydrogen-bond donors (Lipinski definition) is 0. The number of hydrogen-bond acceptors (Lipinski definition) is 0. The summed E-state index contributed by atoms with van der Waals surface area (Å²) in [5.74, 6) is 1.25. The molecule has 0 saturated heterocycles. The molecule has 270 valence electrons. The van der Waals surface area contributed by atoms with Crippen LogP contribution in [0.15, 0.2) is 90.0 Å². The van der Waals surface area contributed by atoms with Gasteiger partial charge < -0.3 is 0 Å². The molecule has 0 spiro atoms. The number of allylic oxidation sites excluding steroid dienone is 2. The molecule has 3 aliphatic carbocycles. The van der Waals surface area contributed by atoms with Crippen LogP contribution in [-0.2, 0) is 22.8 Å². The van der Waals surface area contributed by atoms with E-state index in [1.165, 1.54) is 76.6 Å². The van der Waals surface area contributed by atoms with Crippen molar-refractivity contribution in [1.82, 2.24) is 0 Å². The standard InChI is InChI=1S/C24H27.C21H23.2CH3.2ClH.H2Si.Zr/c1-17(2)22-15-21-9-6-10-23(24(21)16-22)20-13-11-19(12-14-20)18-7-4-3-5-8-18;1-14-12-19-15(2)6-11-18(20(19)13-14)16-7-9-17(10-8-16)21(3,4)5;;;;;;/h6,9-18H,3-5,7-8H2,1-2H3;6-13H,1-5H3;2*1H3;2*1H;1H2;. The molecule has 7 rings (SSSR count). The average molecular weight is 815 g/mol. The number of aryl methyl sites for hydroxylation is 1. The predicted molar refractivity (Wildman–Crippen MR) is 230 cm³/mol. The van der Waals surface area contributed by atoms with Gasteiger partial charge in [0.2, 0.25) is 0 Å². The molecule has 0 N–H and O–H groups in total. The second-order valence-corrected chi connectivity index (χ2v) is 48.8. The molecule has 2 atom stereocenters. The number of rotatable bonds is 6. The van der Waals surface area contributed by atoms with Gasteiger partial charge in [-0.25, -0.2) is 0 Å². The van der Waals surface area contributed by atoms with Crippen molar-refractivity contribution in [2.75, 3.05) is 0 Å². The van der Waals surface area contributed by atoms with E-state index >= 15 is 0 Å². The van der Waals surface area contributed by atoms with E-state index < -0.39 is 17.4 Å². The fourth-order valence-corrected chi connectivity index (χ4v) is 30.8. The SMILES string of the molecule is CC1=Cc2c(-c3ccc(C(C)(C)C)cc3)ccc(C)c2[CH]1[Zr]([CH3])([CH3])(=[SiH2])[CH]1C(C(C)C)=Cc2c(-c3ccc(C4CCCCC4)cc3)cccc21.Cl.Cl. The van der Waals surface area contributed by atoms with Crippen molar-refractivity contribution in [2.24, 2.45) is 5.92 Å². The molecule has 0 bridgehead atoms. The normalized spacial score (nSPS) is 19.1. The van der Waals surface area contributed by atoms with Crippen molar-refractivity contribution >= 4 is 43.8 Å². The maximum Gasteiger partial charge on any atom is -0.147 e. The largest absolute Gasteiger partial charge is 0.147 e. The van der Waals surface area contributed by atoms with Crippen LogP contribution in [0.3, 0.4) is 0 Å². The molecule has 3 aliphatic rings. The summed E-state index contributed by atoms with van der Waals surface area (Å²) in [7, 11) is 0. The quantitative estimate of drug-likeness (QED) is 0.170. The summed E-state index contributed by atoms with van der Waals surface area (Å²) in [6.07, 6.45) is 12.1. The Morgan fingerprint density at radius 1 is 0.686 bits per heavy atom. The van der Waals surface area contributed by atoms with Crippen LogP contribution in [0.5, 0.6) is 0 Å². The van der Waals surface area contributed by atoms with E-state index in [4.69, 9.17) is 0 Å². The Balaban J connectivity index is 0.00000252. The van der Waals surface area contributed by atoms with Crippen molar-refractivity contribution in [3.8, 4) is 22.3 Å². The minimum atomic E-state index is -3.71. The summed E-state index contributed by atoms with van der Waals surface area (Å²) in [6.45, 7) is 19.1. The van der Waals surface area contributed by atoms with Crippen LogP contribution in [0.25, 0.3) is 34.4 Å². The summed E-state index contributed by atoms with van der Waals surface area (Å²) >= 11 is -3.71. The zero-order valence-electron chi connectivity index (χ0n) is 32.5. The van der Waals surface area contributed by atoms with Crippen molar-refractivity contribution in [3.63, 3.8) is 0 Å². The topological polar surface area (TPSA) is 0 Å². The minimum absolute atomic E-state index is 0. The van der Waals surface area contributed by atoms with Crippen LogP contribution in [0.1, 0.15) is 126 Å². The second kappa shape index (κ2) is 14.7. The zero-order valence-corrected chi connectivity index (χ0v) is 38.0. The predicted octanol–water partition coefficient (Wildman–Crippen LogP) is 14.1. The number of benzene rings is 4. The molecule has 2 unspecified atom stereocenters. The third kappa shape index (κ3) is 7.19. The van der Waals surface area contributed by atoms with E-state index in [2.05, 4.69) is 156 Å². The minimum Gasteiger partial charge on any atom is -0.147 e. The Labute approximate surface area is 324 Å². The molecule has 1 saturated carbocycles. The fourth-order valence-electron chi connectivity index (χ4n) is 10.2. The Bertz CT molecular complexity index is 2050. The summed E-state index contributed by atoms with van der Waals surface area (Å²) in [6, 6.07) is 31.2. The van der Waals surface area contributed by atoms with Crippen molar-refractivity contribution in [1.29, 1.82) is 0 Å². The maximum absolute atomic E-state index is 3.71. The van der Waals surface area contributed by atoms with Crippen molar-refractivity contribution in [2.45, 2.75) is 108 Å². The van der Waals surface area contributed by atoms with Gasteiger partial charge in [0.25, 0.3) is 0 Å². The monoisotopic (exact) mass is 812 g/mol. The zero-order chi connectivity index (χ0) is 34.9. The Hall–Kier alpha value is -1.96. The smallest absolute Gasteiger partial charge is 0.147 e. The molecule has 1 fully saturated rings. The number of fused-ring (bicyclic) bond motifs is 2. The molecule has 4 heteroatoms. The summed E-state index contributed by atoms with van der Waals surface area (Å²) in [5.41, 5.74) is 19.5. The van der Waals surface area contributed by atoms with Gasteiger partial charge in [0.15, 0.2) is 0 Å². The summed E-state index contributed by atoms with van der Waals surface area (Å²) < 4.78 is 6.62. The molecular formula is C47H60Cl2SiZr. The van der Waals surface area contributed by atoms with Gasteiger partial charge in [-0.2, -0.15) is 0 Å². The van der Waals surface area contributed by atoms with Crippen molar-refractivity contribution in [3.05, 3.63) is 129 Å². The van der Waals surface area contributed by atoms with Crippen LogP contribution >= 0.6 is 24.8 Å². The first-order valence-corrected chi connectivity index (χ1v) is 32.8. The summed E-state index contributed by atoms with van der Waals surface area (Å²) in [4.78, 5) is 0. The summed E-state index contributed by atoms with van der Waals surface area (Å²) in [5, 5.41) is 0. The van der Waals surface area contributed by atoms with Gasteiger partial charge in [-0.1, -0.05) is 0 Å². The molecule has 51 heavy (non-hydrogen) atoms. The van der Waals surface area contributed by atoms with E-state index in [0.29, 0.717) is 13.2 Å².